The van der Waals surface area contributed by atoms with Crippen molar-refractivity contribution in [2.45, 2.75) is 33.3 Å². The summed E-state index contributed by atoms with van der Waals surface area (Å²) in [5.41, 5.74) is 2.22. The molecule has 1 aliphatic rings. The maximum atomic E-state index is 9.58. The highest BCUT2D eigenvalue weighted by Gasteiger charge is 2.26. The van der Waals surface area contributed by atoms with Crippen LogP contribution < -0.4 is 4.90 Å². The highest BCUT2D eigenvalue weighted by atomic mass is 79.9. The van der Waals surface area contributed by atoms with E-state index in [9.17, 15) is 5.11 Å². The van der Waals surface area contributed by atoms with Gasteiger partial charge in [-0.2, -0.15) is 0 Å². The van der Waals surface area contributed by atoms with Crippen LogP contribution in [0.15, 0.2) is 22.7 Å². The first-order valence-electron chi connectivity index (χ1n) is 6.71. The number of benzene rings is 1. The molecule has 1 aromatic rings. The largest absolute Gasteiger partial charge is 0.389 e. The SMILES string of the molecule is CC(C)C1CCN(c2ccc([C@@H](C)O)cc2Br)C1. The minimum Gasteiger partial charge on any atom is -0.389 e. The third kappa shape index (κ3) is 2.89. The van der Waals surface area contributed by atoms with E-state index in [2.05, 4.69) is 40.7 Å². The van der Waals surface area contributed by atoms with Crippen LogP contribution in [0, 0.1) is 11.8 Å². The summed E-state index contributed by atoms with van der Waals surface area (Å²) in [6.45, 7) is 8.69. The monoisotopic (exact) mass is 311 g/mol. The van der Waals surface area contributed by atoms with Crippen molar-refractivity contribution in [3.8, 4) is 0 Å². The summed E-state index contributed by atoms with van der Waals surface area (Å²) >= 11 is 3.63. The first-order chi connectivity index (χ1) is 8.49. The molecule has 1 N–H and O–H groups in total. The topological polar surface area (TPSA) is 23.5 Å². The van der Waals surface area contributed by atoms with E-state index >= 15 is 0 Å². The van der Waals surface area contributed by atoms with Crippen molar-refractivity contribution in [3.63, 3.8) is 0 Å². The summed E-state index contributed by atoms with van der Waals surface area (Å²) < 4.78 is 1.09. The Labute approximate surface area is 118 Å². The van der Waals surface area contributed by atoms with Crippen molar-refractivity contribution in [2.24, 2.45) is 11.8 Å². The number of rotatable bonds is 3. The molecule has 1 aromatic carbocycles. The fourth-order valence-corrected chi connectivity index (χ4v) is 3.24. The van der Waals surface area contributed by atoms with Crippen molar-refractivity contribution in [2.75, 3.05) is 18.0 Å². The number of hydrogen-bond acceptors (Lipinski definition) is 2. The molecule has 2 nitrogen and oxygen atoms in total. The average Bonchev–Trinajstić information content (AvgIpc) is 2.78. The summed E-state index contributed by atoms with van der Waals surface area (Å²) in [5, 5.41) is 9.58. The van der Waals surface area contributed by atoms with E-state index in [1.807, 2.05) is 12.1 Å². The van der Waals surface area contributed by atoms with Crippen molar-refractivity contribution in [1.29, 1.82) is 0 Å². The highest BCUT2D eigenvalue weighted by Crippen LogP contribution is 2.34. The van der Waals surface area contributed by atoms with E-state index in [1.54, 1.807) is 6.92 Å². The molecule has 2 rings (SSSR count). The van der Waals surface area contributed by atoms with Crippen LogP contribution in [0.25, 0.3) is 0 Å². The molecule has 1 fully saturated rings. The van der Waals surface area contributed by atoms with Gasteiger partial charge in [0.1, 0.15) is 0 Å². The summed E-state index contributed by atoms with van der Waals surface area (Å²) in [6, 6.07) is 6.17. The van der Waals surface area contributed by atoms with Crippen LogP contribution >= 0.6 is 15.9 Å². The molecule has 0 radical (unpaired) electrons. The lowest BCUT2D eigenvalue weighted by molar-refractivity contribution is 0.199. The first kappa shape index (κ1) is 13.9. The Morgan fingerprint density at radius 1 is 1.33 bits per heavy atom. The van der Waals surface area contributed by atoms with Gasteiger partial charge in [0.25, 0.3) is 0 Å². The first-order valence-corrected chi connectivity index (χ1v) is 7.50. The number of hydrogen-bond donors (Lipinski definition) is 1. The van der Waals surface area contributed by atoms with Gasteiger partial charge < -0.3 is 10.0 Å². The maximum absolute atomic E-state index is 9.58. The molecule has 100 valence electrons. The second kappa shape index (κ2) is 5.62. The summed E-state index contributed by atoms with van der Waals surface area (Å²) in [6.07, 6.45) is 0.875. The van der Waals surface area contributed by atoms with Gasteiger partial charge in [-0.15, -0.1) is 0 Å². The zero-order chi connectivity index (χ0) is 13.3. The third-order valence-electron chi connectivity index (χ3n) is 3.96. The molecular weight excluding hydrogens is 290 g/mol. The normalized spacial score (nSPS) is 21.7. The van der Waals surface area contributed by atoms with Gasteiger partial charge in [0, 0.05) is 17.6 Å². The summed E-state index contributed by atoms with van der Waals surface area (Å²) in [5.74, 6) is 1.55. The van der Waals surface area contributed by atoms with Crippen LogP contribution in [0.3, 0.4) is 0 Å². The van der Waals surface area contributed by atoms with Gasteiger partial charge in [-0.05, 0) is 58.8 Å². The van der Waals surface area contributed by atoms with Gasteiger partial charge in [-0.3, -0.25) is 0 Å². The van der Waals surface area contributed by atoms with Gasteiger partial charge in [-0.25, -0.2) is 0 Å². The van der Waals surface area contributed by atoms with Crippen molar-refractivity contribution >= 4 is 21.6 Å². The number of aliphatic hydroxyl groups is 1. The molecule has 1 saturated heterocycles. The van der Waals surface area contributed by atoms with Crippen molar-refractivity contribution in [1.82, 2.24) is 0 Å². The van der Waals surface area contributed by atoms with E-state index in [0.717, 1.165) is 35.0 Å². The lowest BCUT2D eigenvalue weighted by Crippen LogP contribution is -2.21. The van der Waals surface area contributed by atoms with E-state index in [-0.39, 0.29) is 0 Å². The lowest BCUT2D eigenvalue weighted by atomic mass is 9.95. The molecule has 2 atom stereocenters. The predicted molar refractivity (Wildman–Crippen MR) is 79.9 cm³/mol. The molecule has 1 heterocycles. The van der Waals surface area contributed by atoms with Crippen LogP contribution in [0.5, 0.6) is 0 Å². The smallest absolute Gasteiger partial charge is 0.0762 e. The molecule has 18 heavy (non-hydrogen) atoms. The second-order valence-electron chi connectivity index (χ2n) is 5.63. The highest BCUT2D eigenvalue weighted by molar-refractivity contribution is 9.10. The molecular formula is C15H22BrNO. The fourth-order valence-electron chi connectivity index (χ4n) is 2.59. The molecule has 0 saturated carbocycles. The predicted octanol–water partition coefficient (Wildman–Crippen LogP) is 3.98. The van der Waals surface area contributed by atoms with Gasteiger partial charge in [0.2, 0.25) is 0 Å². The Hall–Kier alpha value is -0.540. The Kier molecular flexibility index (Phi) is 4.33. The van der Waals surface area contributed by atoms with Crippen molar-refractivity contribution < 1.29 is 5.11 Å². The minimum atomic E-state index is -0.405. The molecule has 0 bridgehead atoms. The second-order valence-corrected chi connectivity index (χ2v) is 6.48. The van der Waals surface area contributed by atoms with Crippen molar-refractivity contribution in [3.05, 3.63) is 28.2 Å². The van der Waals surface area contributed by atoms with Crippen LogP contribution in [-0.2, 0) is 0 Å². The van der Waals surface area contributed by atoms with Gasteiger partial charge in [0.05, 0.1) is 11.8 Å². The molecule has 1 unspecified atom stereocenters. The maximum Gasteiger partial charge on any atom is 0.0762 e. The van der Waals surface area contributed by atoms with Crippen LogP contribution in [-0.4, -0.2) is 18.2 Å². The standard InChI is InChI=1S/C15H22BrNO/c1-10(2)13-6-7-17(9-13)15-5-4-12(11(3)18)8-14(15)16/h4-5,8,10-11,13,18H,6-7,9H2,1-3H3/t11-,13?/m1/s1. The molecule has 0 aromatic heterocycles. The van der Waals surface area contributed by atoms with E-state index in [0.29, 0.717) is 0 Å². The zero-order valence-corrected chi connectivity index (χ0v) is 12.9. The van der Waals surface area contributed by atoms with Gasteiger partial charge in [-0.1, -0.05) is 19.9 Å². The third-order valence-corrected chi connectivity index (χ3v) is 4.60. The molecule has 0 spiro atoms. The number of anilines is 1. The van der Waals surface area contributed by atoms with E-state index in [1.165, 1.54) is 12.1 Å². The summed E-state index contributed by atoms with van der Waals surface area (Å²) in [7, 11) is 0. The Bertz CT molecular complexity index is 417. The van der Waals surface area contributed by atoms with E-state index in [4.69, 9.17) is 0 Å². The number of aliphatic hydroxyl groups excluding tert-OH is 1. The van der Waals surface area contributed by atoms with Gasteiger partial charge in [0.15, 0.2) is 0 Å². The van der Waals surface area contributed by atoms with Crippen LogP contribution in [0.1, 0.15) is 38.9 Å². The van der Waals surface area contributed by atoms with Gasteiger partial charge >= 0.3 is 0 Å². The molecule has 0 aliphatic carbocycles. The molecule has 0 amide bonds. The minimum absolute atomic E-state index is 0.405. The molecule has 3 heteroatoms. The van der Waals surface area contributed by atoms with E-state index < -0.39 is 6.10 Å². The van der Waals surface area contributed by atoms with Crippen LogP contribution in [0.2, 0.25) is 0 Å². The number of nitrogens with zero attached hydrogens (tertiary/aromatic N) is 1. The summed E-state index contributed by atoms with van der Waals surface area (Å²) in [4.78, 5) is 2.45. The Balaban J connectivity index is 2.15. The lowest BCUT2D eigenvalue weighted by Gasteiger charge is -2.22. The zero-order valence-electron chi connectivity index (χ0n) is 11.4. The Morgan fingerprint density at radius 3 is 2.56 bits per heavy atom. The number of halogens is 1. The quantitative estimate of drug-likeness (QED) is 0.912. The Morgan fingerprint density at radius 2 is 2.06 bits per heavy atom. The van der Waals surface area contributed by atoms with Crippen LogP contribution in [0.4, 0.5) is 5.69 Å². The fraction of sp³-hybridized carbons (Fsp3) is 0.600. The average molecular weight is 312 g/mol. The molecule has 1 aliphatic heterocycles.